The number of hydrogen-bond acceptors (Lipinski definition) is 2. The zero-order valence-electron chi connectivity index (χ0n) is 17.7. The van der Waals surface area contributed by atoms with Gasteiger partial charge in [0.25, 0.3) is 0 Å². The van der Waals surface area contributed by atoms with E-state index in [1.54, 1.807) is 6.07 Å². The van der Waals surface area contributed by atoms with E-state index >= 15 is 0 Å². The van der Waals surface area contributed by atoms with Gasteiger partial charge in [0.2, 0.25) is 0 Å². The summed E-state index contributed by atoms with van der Waals surface area (Å²) in [6, 6.07) is 35.3. The molecule has 0 amide bonds. The van der Waals surface area contributed by atoms with Crippen molar-refractivity contribution in [2.45, 2.75) is 24.4 Å². The van der Waals surface area contributed by atoms with Crippen molar-refractivity contribution >= 4 is 5.78 Å². The first-order chi connectivity index (χ1) is 15.7. The molecule has 3 heteroatoms. The second kappa shape index (κ2) is 8.52. The Balaban J connectivity index is 1.74. The van der Waals surface area contributed by atoms with Gasteiger partial charge < -0.3 is 0 Å². The Morgan fingerprint density at radius 1 is 0.719 bits per heavy atom. The SMILES string of the molecule is O=C1CCC(NC(c2ccccc2)(c2ccccc2)c2ccccc2)c2cc(F)ccc21. The third-order valence-electron chi connectivity index (χ3n) is 6.36. The standard InChI is InChI=1S/C29H24FNO/c30-24-16-17-25-26(20-24)27(18-19-28(25)32)31-29(21-10-4-1-5-11-21,22-12-6-2-7-13-22)23-14-8-3-9-15-23/h1-17,20,27,31H,18-19H2. The fourth-order valence-corrected chi connectivity index (χ4v) is 4.87. The lowest BCUT2D eigenvalue weighted by molar-refractivity contribution is 0.0961. The van der Waals surface area contributed by atoms with Crippen LogP contribution in [0.5, 0.6) is 0 Å². The summed E-state index contributed by atoms with van der Waals surface area (Å²) >= 11 is 0. The molecule has 2 nitrogen and oxygen atoms in total. The zero-order valence-corrected chi connectivity index (χ0v) is 17.7. The molecule has 4 aromatic carbocycles. The van der Waals surface area contributed by atoms with Crippen LogP contribution < -0.4 is 5.32 Å². The van der Waals surface area contributed by atoms with E-state index in [0.717, 1.165) is 22.3 Å². The number of benzene rings is 4. The summed E-state index contributed by atoms with van der Waals surface area (Å²) in [5, 5.41) is 3.90. The third kappa shape index (κ3) is 3.55. The van der Waals surface area contributed by atoms with Crippen LogP contribution in [-0.2, 0) is 5.54 Å². The smallest absolute Gasteiger partial charge is 0.163 e. The minimum absolute atomic E-state index is 0.0720. The van der Waals surface area contributed by atoms with Crippen LogP contribution in [0.1, 0.15) is 51.5 Å². The second-order valence-electron chi connectivity index (χ2n) is 8.24. The molecule has 0 saturated heterocycles. The van der Waals surface area contributed by atoms with Crippen LogP contribution in [0.4, 0.5) is 4.39 Å². The van der Waals surface area contributed by atoms with Gasteiger partial charge in [-0.1, -0.05) is 91.0 Å². The number of hydrogen-bond donors (Lipinski definition) is 1. The summed E-state index contributed by atoms with van der Waals surface area (Å²) < 4.78 is 14.3. The second-order valence-corrected chi connectivity index (χ2v) is 8.24. The van der Waals surface area contributed by atoms with Gasteiger partial charge in [-0.3, -0.25) is 10.1 Å². The minimum atomic E-state index is -0.668. The van der Waals surface area contributed by atoms with Crippen LogP contribution in [-0.4, -0.2) is 5.78 Å². The van der Waals surface area contributed by atoms with Gasteiger partial charge >= 0.3 is 0 Å². The summed E-state index contributed by atoms with van der Waals surface area (Å²) in [6.45, 7) is 0. The molecule has 5 rings (SSSR count). The Morgan fingerprint density at radius 3 is 1.72 bits per heavy atom. The molecule has 1 atom stereocenters. The molecule has 0 spiro atoms. The topological polar surface area (TPSA) is 29.1 Å². The molecular formula is C29H24FNO. The first-order valence-electron chi connectivity index (χ1n) is 11.0. The number of Topliss-reactive ketones (excluding diaryl/α,β-unsaturated/α-hetero) is 1. The van der Waals surface area contributed by atoms with E-state index in [1.165, 1.54) is 12.1 Å². The quantitative estimate of drug-likeness (QED) is 0.377. The van der Waals surface area contributed by atoms with E-state index in [4.69, 9.17) is 0 Å². The van der Waals surface area contributed by atoms with Gasteiger partial charge in [-0.15, -0.1) is 0 Å². The van der Waals surface area contributed by atoms with Gasteiger partial charge in [0, 0.05) is 18.0 Å². The molecular weight excluding hydrogens is 397 g/mol. The summed E-state index contributed by atoms with van der Waals surface area (Å²) in [5.74, 6) is -0.252. The van der Waals surface area contributed by atoms with Crippen LogP contribution in [0.25, 0.3) is 0 Å². The molecule has 1 N–H and O–H groups in total. The molecule has 158 valence electrons. The molecule has 4 aromatic rings. The first kappa shape index (κ1) is 20.3. The molecule has 1 aliphatic rings. The van der Waals surface area contributed by atoms with Crippen molar-refractivity contribution in [1.29, 1.82) is 0 Å². The van der Waals surface area contributed by atoms with Crippen molar-refractivity contribution in [3.8, 4) is 0 Å². The number of carbonyl (C=O) groups is 1. The number of carbonyl (C=O) groups excluding carboxylic acids is 1. The maximum Gasteiger partial charge on any atom is 0.163 e. The predicted octanol–water partition coefficient (Wildman–Crippen LogP) is 6.43. The van der Waals surface area contributed by atoms with Crippen LogP contribution >= 0.6 is 0 Å². The van der Waals surface area contributed by atoms with Gasteiger partial charge in [0.15, 0.2) is 5.78 Å². The minimum Gasteiger partial charge on any atom is -0.294 e. The van der Waals surface area contributed by atoms with Crippen LogP contribution in [0, 0.1) is 5.82 Å². The molecule has 0 aliphatic heterocycles. The van der Waals surface area contributed by atoms with Gasteiger partial charge in [-0.2, -0.15) is 0 Å². The highest BCUT2D eigenvalue weighted by Gasteiger charge is 2.40. The van der Waals surface area contributed by atoms with E-state index in [1.807, 2.05) is 54.6 Å². The zero-order chi connectivity index (χ0) is 22.0. The van der Waals surface area contributed by atoms with Crippen LogP contribution in [0.2, 0.25) is 0 Å². The first-order valence-corrected chi connectivity index (χ1v) is 11.0. The lowest BCUT2D eigenvalue weighted by Gasteiger charge is -2.41. The number of halogens is 1. The largest absolute Gasteiger partial charge is 0.294 e. The monoisotopic (exact) mass is 421 g/mol. The van der Waals surface area contributed by atoms with Gasteiger partial charge in [-0.25, -0.2) is 4.39 Å². The van der Waals surface area contributed by atoms with Crippen molar-refractivity contribution in [1.82, 2.24) is 5.32 Å². The van der Waals surface area contributed by atoms with Crippen LogP contribution in [0.15, 0.2) is 109 Å². The van der Waals surface area contributed by atoms with Gasteiger partial charge in [0.1, 0.15) is 5.82 Å². The van der Waals surface area contributed by atoms with E-state index in [-0.39, 0.29) is 17.6 Å². The molecule has 0 bridgehead atoms. The molecule has 1 aliphatic carbocycles. The normalized spacial score (nSPS) is 15.9. The average molecular weight is 422 g/mol. The van der Waals surface area contributed by atoms with Gasteiger partial charge in [-0.05, 0) is 46.9 Å². The highest BCUT2D eigenvalue weighted by atomic mass is 19.1. The van der Waals surface area contributed by atoms with E-state index < -0.39 is 5.54 Å². The summed E-state index contributed by atoms with van der Waals surface area (Å²) in [6.07, 6.45) is 1.05. The Kier molecular flexibility index (Phi) is 5.42. The Morgan fingerprint density at radius 2 is 1.22 bits per heavy atom. The molecule has 0 aromatic heterocycles. The van der Waals surface area contributed by atoms with Crippen molar-refractivity contribution in [2.75, 3.05) is 0 Å². The highest BCUT2D eigenvalue weighted by molar-refractivity contribution is 5.98. The van der Waals surface area contributed by atoms with E-state index in [2.05, 4.69) is 41.7 Å². The van der Waals surface area contributed by atoms with Crippen molar-refractivity contribution in [2.24, 2.45) is 0 Å². The van der Waals surface area contributed by atoms with E-state index in [9.17, 15) is 9.18 Å². The average Bonchev–Trinajstić information content (AvgIpc) is 2.85. The number of rotatable bonds is 5. The van der Waals surface area contributed by atoms with E-state index in [0.29, 0.717) is 18.4 Å². The number of ketones is 1. The maximum absolute atomic E-state index is 14.3. The third-order valence-corrected chi connectivity index (χ3v) is 6.36. The fraction of sp³-hybridized carbons (Fsp3) is 0.138. The molecule has 0 heterocycles. The lowest BCUT2D eigenvalue weighted by Crippen LogP contribution is -2.47. The number of nitrogens with one attached hydrogen (secondary N) is 1. The summed E-state index contributed by atoms with van der Waals surface area (Å²) in [7, 11) is 0. The van der Waals surface area contributed by atoms with Crippen molar-refractivity contribution in [3.05, 3.63) is 143 Å². The number of fused-ring (bicyclic) bond motifs is 1. The predicted molar refractivity (Wildman–Crippen MR) is 125 cm³/mol. The Hall–Kier alpha value is -3.56. The highest BCUT2D eigenvalue weighted by Crippen LogP contribution is 2.41. The molecule has 1 unspecified atom stereocenters. The fourth-order valence-electron chi connectivity index (χ4n) is 4.87. The van der Waals surface area contributed by atoms with Crippen molar-refractivity contribution < 1.29 is 9.18 Å². The lowest BCUT2D eigenvalue weighted by atomic mass is 9.75. The van der Waals surface area contributed by atoms with Gasteiger partial charge in [0.05, 0.1) is 5.54 Å². The molecule has 0 saturated carbocycles. The Labute approximate surface area is 187 Å². The summed E-state index contributed by atoms with van der Waals surface area (Å²) in [5.41, 5.74) is 3.94. The molecule has 32 heavy (non-hydrogen) atoms. The van der Waals surface area contributed by atoms with Crippen molar-refractivity contribution in [3.63, 3.8) is 0 Å². The molecule has 0 radical (unpaired) electrons. The molecule has 0 fully saturated rings. The maximum atomic E-state index is 14.3. The van der Waals surface area contributed by atoms with Crippen LogP contribution in [0.3, 0.4) is 0 Å². The summed E-state index contributed by atoms with van der Waals surface area (Å²) in [4.78, 5) is 12.6. The Bertz CT molecular complexity index is 1130.